The van der Waals surface area contributed by atoms with E-state index < -0.39 is 5.60 Å². The van der Waals surface area contributed by atoms with Gasteiger partial charge in [-0.05, 0) is 75.7 Å². The van der Waals surface area contributed by atoms with Crippen LogP contribution in [0, 0.1) is 0 Å². The molecule has 0 saturated carbocycles. The topological polar surface area (TPSA) is 23.4 Å². The summed E-state index contributed by atoms with van der Waals surface area (Å²) in [5.74, 6) is 1.74. The molecule has 1 aliphatic heterocycles. The predicted octanol–water partition coefficient (Wildman–Crippen LogP) is 12.2. The predicted molar refractivity (Wildman–Crippen MR) is 211 cm³/mol. The van der Waals surface area contributed by atoms with Crippen LogP contribution in [0.3, 0.4) is 0 Å². The second-order valence-electron chi connectivity index (χ2n) is 14.8. The van der Waals surface area contributed by atoms with Crippen molar-refractivity contribution >= 4 is 38.7 Å². The van der Waals surface area contributed by atoms with E-state index in [4.69, 9.17) is 9.47 Å². The van der Waals surface area contributed by atoms with Crippen molar-refractivity contribution in [2.24, 2.45) is 0 Å². The van der Waals surface area contributed by atoms with Crippen molar-refractivity contribution in [2.45, 2.75) is 31.8 Å². The van der Waals surface area contributed by atoms with Crippen LogP contribution >= 0.6 is 0 Å². The van der Waals surface area contributed by atoms with Crippen LogP contribution in [0.2, 0.25) is 0 Å². The number of rotatable bonds is 4. The molecule has 3 nitrogen and oxygen atoms in total. The maximum Gasteiger partial charge on any atom is 0.178 e. The summed E-state index contributed by atoms with van der Waals surface area (Å²) in [6, 6.07) is 50.1. The zero-order valence-electron chi connectivity index (χ0n) is 29.2. The van der Waals surface area contributed by atoms with Crippen LogP contribution in [0.5, 0.6) is 11.5 Å². The maximum absolute atomic E-state index is 7.59. The molecule has 10 rings (SSSR count). The Balaban J connectivity index is 1.21. The summed E-state index contributed by atoms with van der Waals surface area (Å²) in [5.41, 5.74) is 12.3. The van der Waals surface area contributed by atoms with E-state index in [1.54, 1.807) is 7.11 Å². The third-order valence-electron chi connectivity index (χ3n) is 11.0. The highest BCUT2D eigenvalue weighted by Crippen LogP contribution is 2.57. The van der Waals surface area contributed by atoms with Gasteiger partial charge in [0.2, 0.25) is 0 Å². The monoisotopic (exact) mass is 659 g/mol. The van der Waals surface area contributed by atoms with E-state index in [2.05, 4.69) is 165 Å². The number of fused-ring (bicyclic) bond motifs is 8. The van der Waals surface area contributed by atoms with E-state index in [0.29, 0.717) is 0 Å². The molecule has 1 aliphatic carbocycles. The first-order valence-corrected chi connectivity index (χ1v) is 17.7. The Labute approximate surface area is 298 Å². The molecule has 0 amide bonds. The standard InChI is InChI=1S/C48H37NO2/c1-47(2,3)45-40-28-29-48(31-22-26-33(50-4)27-23-31,51-46(40)39-17-11-16-37-34-12-5-6-15-38(34)44(45)43(37)39)30-20-24-32(25-21-30)49-41-18-9-7-13-35(41)36-14-8-10-19-42(36)49/h5-29H,1-4H3. The van der Waals surface area contributed by atoms with E-state index in [0.717, 1.165) is 39.3 Å². The van der Waals surface area contributed by atoms with Gasteiger partial charge in [-0.3, -0.25) is 0 Å². The molecule has 246 valence electrons. The SMILES string of the molecule is COc1ccc(C2(c3ccc(-n4c5ccccc5c5ccccc54)cc3)C=Cc3c(C(C)(C)C)c4c5c(cccc5c3O2)-c2ccccc2-4)cc1. The van der Waals surface area contributed by atoms with Crippen molar-refractivity contribution in [1.29, 1.82) is 0 Å². The highest BCUT2D eigenvalue weighted by molar-refractivity contribution is 6.19. The Kier molecular flexibility index (Phi) is 6.27. The van der Waals surface area contributed by atoms with E-state index in [9.17, 15) is 0 Å². The third-order valence-corrected chi connectivity index (χ3v) is 11.0. The van der Waals surface area contributed by atoms with E-state index in [1.165, 1.54) is 55.0 Å². The van der Waals surface area contributed by atoms with Gasteiger partial charge in [0, 0.05) is 43.9 Å². The van der Waals surface area contributed by atoms with Crippen LogP contribution < -0.4 is 9.47 Å². The lowest BCUT2D eigenvalue weighted by Crippen LogP contribution is -2.35. The molecule has 1 unspecified atom stereocenters. The molecule has 51 heavy (non-hydrogen) atoms. The van der Waals surface area contributed by atoms with Crippen molar-refractivity contribution in [2.75, 3.05) is 7.11 Å². The number of ether oxygens (including phenoxy) is 2. The molecule has 7 aromatic carbocycles. The summed E-state index contributed by atoms with van der Waals surface area (Å²) in [4.78, 5) is 0. The van der Waals surface area contributed by atoms with Crippen molar-refractivity contribution in [3.8, 4) is 39.4 Å². The normalized spacial score (nSPS) is 16.0. The average molecular weight is 660 g/mol. The number of benzene rings is 7. The van der Waals surface area contributed by atoms with Crippen LogP contribution in [0.25, 0.3) is 66.6 Å². The number of aromatic nitrogens is 1. The van der Waals surface area contributed by atoms with Gasteiger partial charge < -0.3 is 14.0 Å². The first kappa shape index (κ1) is 29.8. The Morgan fingerprint density at radius 2 is 1.16 bits per heavy atom. The van der Waals surface area contributed by atoms with Gasteiger partial charge in [0.25, 0.3) is 0 Å². The number of hydrogen-bond acceptors (Lipinski definition) is 2. The molecule has 1 atom stereocenters. The lowest BCUT2D eigenvalue weighted by atomic mass is 9.75. The number of nitrogens with zero attached hydrogens (tertiary/aromatic N) is 1. The highest BCUT2D eigenvalue weighted by atomic mass is 16.5. The zero-order valence-corrected chi connectivity index (χ0v) is 29.2. The fourth-order valence-electron chi connectivity index (χ4n) is 8.78. The smallest absolute Gasteiger partial charge is 0.178 e. The molecule has 0 N–H and O–H groups in total. The first-order valence-electron chi connectivity index (χ1n) is 17.7. The van der Waals surface area contributed by atoms with Gasteiger partial charge in [0.15, 0.2) is 5.60 Å². The van der Waals surface area contributed by atoms with Crippen molar-refractivity contribution in [3.05, 3.63) is 168 Å². The van der Waals surface area contributed by atoms with Crippen LogP contribution in [-0.2, 0) is 11.0 Å². The minimum atomic E-state index is -0.876. The van der Waals surface area contributed by atoms with Gasteiger partial charge in [-0.15, -0.1) is 0 Å². The van der Waals surface area contributed by atoms with E-state index in [-0.39, 0.29) is 5.41 Å². The maximum atomic E-state index is 7.59. The molecule has 0 radical (unpaired) electrons. The Morgan fingerprint density at radius 1 is 0.588 bits per heavy atom. The van der Waals surface area contributed by atoms with Gasteiger partial charge in [-0.2, -0.15) is 0 Å². The molecule has 1 aromatic heterocycles. The highest BCUT2D eigenvalue weighted by Gasteiger charge is 2.41. The first-order chi connectivity index (χ1) is 24.9. The van der Waals surface area contributed by atoms with Crippen LogP contribution in [-0.4, -0.2) is 11.7 Å². The fraction of sp³-hybridized carbons (Fsp3) is 0.125. The van der Waals surface area contributed by atoms with E-state index >= 15 is 0 Å². The summed E-state index contributed by atoms with van der Waals surface area (Å²) in [5, 5.41) is 4.93. The zero-order chi connectivity index (χ0) is 34.5. The van der Waals surface area contributed by atoms with Gasteiger partial charge in [-0.25, -0.2) is 0 Å². The average Bonchev–Trinajstić information content (AvgIpc) is 3.68. The third kappa shape index (κ3) is 4.18. The molecule has 8 aromatic rings. The summed E-state index contributed by atoms with van der Waals surface area (Å²) in [7, 11) is 1.71. The van der Waals surface area contributed by atoms with Gasteiger partial charge in [-0.1, -0.05) is 130 Å². The molecule has 0 spiro atoms. The Morgan fingerprint density at radius 3 is 1.80 bits per heavy atom. The Hall–Kier alpha value is -6.06. The largest absolute Gasteiger partial charge is 0.497 e. The second kappa shape index (κ2) is 10.7. The lowest BCUT2D eigenvalue weighted by Gasteiger charge is -2.39. The van der Waals surface area contributed by atoms with Gasteiger partial charge >= 0.3 is 0 Å². The van der Waals surface area contributed by atoms with Gasteiger partial charge in [0.1, 0.15) is 11.5 Å². The second-order valence-corrected chi connectivity index (χ2v) is 14.8. The molecule has 2 aliphatic rings. The molecule has 3 heteroatoms. The molecular formula is C48H37NO2. The van der Waals surface area contributed by atoms with Gasteiger partial charge in [0.05, 0.1) is 18.1 Å². The summed E-state index contributed by atoms with van der Waals surface area (Å²) >= 11 is 0. The molecule has 0 bridgehead atoms. The quantitative estimate of drug-likeness (QED) is 0.188. The van der Waals surface area contributed by atoms with Crippen LogP contribution in [0.15, 0.2) is 146 Å². The molecule has 0 fully saturated rings. The Bertz CT molecular complexity index is 2670. The molecular weight excluding hydrogens is 623 g/mol. The molecule has 2 heterocycles. The molecule has 0 saturated heterocycles. The summed E-state index contributed by atoms with van der Waals surface area (Å²) < 4.78 is 15.5. The summed E-state index contributed by atoms with van der Waals surface area (Å²) in [6.07, 6.45) is 4.60. The number of hydrogen-bond donors (Lipinski definition) is 0. The minimum absolute atomic E-state index is 0.129. The van der Waals surface area contributed by atoms with Crippen molar-refractivity contribution < 1.29 is 9.47 Å². The van der Waals surface area contributed by atoms with Crippen LogP contribution in [0.4, 0.5) is 0 Å². The van der Waals surface area contributed by atoms with Crippen molar-refractivity contribution in [3.63, 3.8) is 0 Å². The summed E-state index contributed by atoms with van der Waals surface area (Å²) in [6.45, 7) is 6.96. The lowest BCUT2D eigenvalue weighted by molar-refractivity contribution is 0.163. The van der Waals surface area contributed by atoms with Crippen LogP contribution in [0.1, 0.15) is 43.0 Å². The number of para-hydroxylation sites is 2. The number of methoxy groups -OCH3 is 1. The van der Waals surface area contributed by atoms with E-state index in [1.807, 2.05) is 12.1 Å². The van der Waals surface area contributed by atoms with Crippen molar-refractivity contribution in [1.82, 2.24) is 4.57 Å². The minimum Gasteiger partial charge on any atom is -0.497 e. The fourth-order valence-corrected chi connectivity index (χ4v) is 8.78.